The molecule has 4 rings (SSSR count). The number of aryl methyl sites for hydroxylation is 1. The van der Waals surface area contributed by atoms with Crippen LogP contribution in [0.4, 0.5) is 11.5 Å². The Labute approximate surface area is 427 Å². The number of ketones is 1. The number of quaternary nitrogens is 1. The van der Waals surface area contributed by atoms with E-state index in [4.69, 9.17) is 67.6 Å². The van der Waals surface area contributed by atoms with E-state index >= 15 is 0 Å². The predicted molar refractivity (Wildman–Crippen MR) is 275 cm³/mol. The second-order valence-electron chi connectivity index (χ2n) is 17.8. The molecule has 21 heteroatoms. The molecule has 0 aliphatic carbocycles. The number of hydrogen-bond donors (Lipinski definition) is 2. The van der Waals surface area contributed by atoms with Gasteiger partial charge in [-0.3, -0.25) is 9.59 Å². The lowest BCUT2D eigenvalue weighted by atomic mass is 10.1. The van der Waals surface area contributed by atoms with Gasteiger partial charge in [-0.15, -0.1) is 0 Å². The number of hydrogen-bond acceptors (Lipinski definition) is 18. The number of rotatable bonds is 46. The Morgan fingerprint density at radius 3 is 1.62 bits per heavy atom. The van der Waals surface area contributed by atoms with Crippen LogP contribution in [0.3, 0.4) is 0 Å². The van der Waals surface area contributed by atoms with Gasteiger partial charge in [-0.2, -0.15) is 0 Å². The minimum Gasteiger partial charge on any atom is -0.382 e. The third-order valence-corrected chi connectivity index (χ3v) is 12.0. The van der Waals surface area contributed by atoms with Crippen LogP contribution in [-0.4, -0.2) is 248 Å². The summed E-state index contributed by atoms with van der Waals surface area (Å²) in [5.41, 5.74) is 10.1. The molecule has 410 valence electrons. The number of pyridine rings is 1. The Morgan fingerprint density at radius 2 is 1.12 bits per heavy atom. The number of methoxy groups -OCH3 is 1. The van der Waals surface area contributed by atoms with Crippen molar-refractivity contribution in [1.29, 1.82) is 0 Å². The highest BCUT2D eigenvalue weighted by Gasteiger charge is 2.29. The zero-order chi connectivity index (χ0) is 51.3. The number of Topliss-reactive ketones (excluding diaryl/α,β-unsaturated/α-hetero) is 1. The molecule has 3 heterocycles. The highest BCUT2D eigenvalue weighted by Crippen LogP contribution is 2.30. The smallest absolute Gasteiger partial charge is 0.225 e. The average Bonchev–Trinajstić information content (AvgIpc) is 3.82. The normalized spacial score (nSPS) is 13.8. The molecule has 1 saturated heterocycles. The fraction of sp³-hybridized carbons (Fsp3) is 0.765. The number of unbranched alkanes of at least 4 members (excludes halogenated alkanes) is 1. The maximum Gasteiger partial charge on any atom is 0.225 e. The monoisotopic (exact) mass is 1020 g/mol. The van der Waals surface area contributed by atoms with Crippen LogP contribution in [0.25, 0.3) is 21.9 Å². The molecular weight excluding hydrogens is 935 g/mol. The van der Waals surface area contributed by atoms with Gasteiger partial charge in [-0.05, 0) is 31.5 Å². The summed E-state index contributed by atoms with van der Waals surface area (Å²) >= 11 is 0. The molecule has 21 nitrogen and oxygen atoms in total. The maximum absolute atomic E-state index is 13.3. The summed E-state index contributed by atoms with van der Waals surface area (Å²) < 4.78 is 67.5. The van der Waals surface area contributed by atoms with Crippen LogP contribution in [-0.2, 0) is 72.9 Å². The molecule has 1 aliphatic rings. The molecule has 0 atom stereocenters. The van der Waals surface area contributed by atoms with E-state index in [1.807, 2.05) is 0 Å². The maximum atomic E-state index is 13.3. The van der Waals surface area contributed by atoms with Crippen molar-refractivity contribution in [3.8, 4) is 0 Å². The van der Waals surface area contributed by atoms with Crippen molar-refractivity contribution in [3.63, 3.8) is 0 Å². The zero-order valence-corrected chi connectivity index (χ0v) is 44.0. The van der Waals surface area contributed by atoms with Crippen molar-refractivity contribution in [3.05, 3.63) is 24.0 Å². The Kier molecular flexibility index (Phi) is 32.1. The van der Waals surface area contributed by atoms with Crippen LogP contribution >= 0.6 is 0 Å². The molecule has 3 N–H and O–H groups in total. The Hall–Kier alpha value is -3.68. The van der Waals surface area contributed by atoms with Gasteiger partial charge in [0.05, 0.1) is 197 Å². The van der Waals surface area contributed by atoms with Crippen molar-refractivity contribution in [2.24, 2.45) is 0 Å². The van der Waals surface area contributed by atoms with Crippen LogP contribution in [0, 0.1) is 0 Å². The van der Waals surface area contributed by atoms with E-state index in [-0.39, 0.29) is 18.1 Å². The van der Waals surface area contributed by atoms with E-state index < -0.39 is 0 Å². The van der Waals surface area contributed by atoms with Gasteiger partial charge in [-0.25, -0.2) is 9.97 Å². The van der Waals surface area contributed by atoms with Gasteiger partial charge in [0.2, 0.25) is 5.91 Å². The molecule has 2 aromatic heterocycles. The summed E-state index contributed by atoms with van der Waals surface area (Å²) in [5.74, 6) is 1.55. The van der Waals surface area contributed by atoms with Gasteiger partial charge in [0.15, 0.2) is 0 Å². The number of piperazine rings is 1. The summed E-state index contributed by atoms with van der Waals surface area (Å²) in [4.78, 5) is 41.4. The third-order valence-electron chi connectivity index (χ3n) is 12.0. The minimum atomic E-state index is -0.00860. The highest BCUT2D eigenvalue weighted by molar-refractivity contribution is 6.07. The number of carbonyl (C=O) groups is 2. The first-order chi connectivity index (χ1) is 35.2. The number of amides is 1. The summed E-state index contributed by atoms with van der Waals surface area (Å²) in [6, 6.07) is 6.40. The van der Waals surface area contributed by atoms with Crippen molar-refractivity contribution in [2.75, 3.05) is 223 Å². The van der Waals surface area contributed by atoms with Gasteiger partial charge < -0.3 is 81.8 Å². The number of nitrogens with two attached hydrogens (primary N) is 1. The molecule has 1 fully saturated rings. The van der Waals surface area contributed by atoms with E-state index in [9.17, 15) is 9.59 Å². The molecule has 3 aromatic rings. The molecule has 0 unspecified atom stereocenters. The van der Waals surface area contributed by atoms with Crippen molar-refractivity contribution >= 4 is 45.1 Å². The number of likely N-dealkylation sites (N-methyl/N-ethyl adjacent to an activating group) is 1. The van der Waals surface area contributed by atoms with Crippen LogP contribution in [0.15, 0.2) is 18.2 Å². The number of aromatic amines is 1. The van der Waals surface area contributed by atoms with Gasteiger partial charge in [0.1, 0.15) is 35.0 Å². The Balaban J connectivity index is 1.03. The van der Waals surface area contributed by atoms with Crippen LogP contribution in [0.1, 0.15) is 45.4 Å². The van der Waals surface area contributed by atoms with Gasteiger partial charge in [-0.1, -0.05) is 13.3 Å². The lowest BCUT2D eigenvalue weighted by Gasteiger charge is -2.42. The van der Waals surface area contributed by atoms with E-state index in [0.717, 1.165) is 84.2 Å². The number of H-pyrrole nitrogens is 1. The standard InChI is InChI=1S/C51H88N7O14/c1-5-6-7-47-54-49-45-42-44(8-9-46(45)53-51(52)50(49)55-47)56-12-16-58(3,17-13-56)18-23-64-21-14-57(48(60)11-20-63-27-29-66-25-24-61-4)15-22-65-28-31-68-33-35-70-37-39-72-41-40-71-38-36-69-34-32-67-30-26-62-19-10-43(2)59/h8-9,42H,5-7,10-41H2,1-4H3,(H2,52,53)(H,54,55)/q+1. The van der Waals surface area contributed by atoms with E-state index in [0.29, 0.717) is 177 Å². The molecule has 72 heavy (non-hydrogen) atoms. The number of anilines is 2. The average molecular weight is 1020 g/mol. The number of nitrogens with zero attached hydrogens (tertiary/aromatic N) is 5. The Morgan fingerprint density at radius 1 is 0.653 bits per heavy atom. The molecule has 1 aliphatic heterocycles. The largest absolute Gasteiger partial charge is 0.382 e. The topological polar surface area (TPSA) is 219 Å². The second kappa shape index (κ2) is 38.0. The van der Waals surface area contributed by atoms with Crippen molar-refractivity contribution in [1.82, 2.24) is 19.9 Å². The summed E-state index contributed by atoms with van der Waals surface area (Å²) in [5, 5.41) is 1.02. The van der Waals surface area contributed by atoms with Crippen LogP contribution in [0.2, 0.25) is 0 Å². The zero-order valence-electron chi connectivity index (χ0n) is 44.0. The number of nitrogen functional groups attached to an aromatic ring is 1. The first-order valence-electron chi connectivity index (χ1n) is 26.0. The predicted octanol–water partition coefficient (Wildman–Crippen LogP) is 3.33. The van der Waals surface area contributed by atoms with Gasteiger partial charge in [0, 0.05) is 44.1 Å². The van der Waals surface area contributed by atoms with Crippen LogP contribution < -0.4 is 10.6 Å². The van der Waals surface area contributed by atoms with E-state index in [1.54, 1.807) is 18.9 Å². The number of carbonyl (C=O) groups excluding carboxylic acids is 2. The third kappa shape index (κ3) is 25.5. The number of fused-ring (bicyclic) bond motifs is 3. The van der Waals surface area contributed by atoms with Crippen LogP contribution in [0.5, 0.6) is 0 Å². The first-order valence-corrected chi connectivity index (χ1v) is 26.0. The lowest BCUT2D eigenvalue weighted by molar-refractivity contribution is -0.910. The molecule has 1 aromatic carbocycles. The van der Waals surface area contributed by atoms with Crippen molar-refractivity contribution < 1.29 is 70.9 Å². The fourth-order valence-corrected chi connectivity index (χ4v) is 7.63. The molecule has 0 radical (unpaired) electrons. The quantitative estimate of drug-likeness (QED) is 0.0613. The Bertz CT molecular complexity index is 1890. The number of ether oxygens (including phenoxy) is 12. The number of imidazole rings is 1. The highest BCUT2D eigenvalue weighted by atomic mass is 16.6. The van der Waals surface area contributed by atoms with E-state index in [2.05, 4.69) is 47.0 Å². The van der Waals surface area contributed by atoms with E-state index in [1.165, 1.54) is 5.69 Å². The first kappa shape index (κ1) is 60.9. The molecule has 0 saturated carbocycles. The fourth-order valence-electron chi connectivity index (χ4n) is 7.63. The summed E-state index contributed by atoms with van der Waals surface area (Å²) in [6.07, 6.45) is 3.75. The van der Waals surface area contributed by atoms with Crippen molar-refractivity contribution in [2.45, 2.75) is 46.0 Å². The molecule has 1 amide bonds. The molecule has 0 spiro atoms. The SMILES string of the molecule is CCCCc1nc2c([nH]1)c(N)nc1ccc(N3CC[N+](C)(CCOCCN(CCOCCOCCOCCOCCOCCOCCOCCOCCC(C)=O)C(=O)CCOCCOCCOC)CC3)cc12. The summed E-state index contributed by atoms with van der Waals surface area (Å²) in [7, 11) is 3.93. The number of benzene rings is 1. The second-order valence-corrected chi connectivity index (χ2v) is 17.8. The number of nitrogens with one attached hydrogen (secondary N) is 1. The van der Waals surface area contributed by atoms with Gasteiger partial charge in [0.25, 0.3) is 0 Å². The summed E-state index contributed by atoms with van der Waals surface area (Å²) in [6.45, 7) is 19.8. The lowest BCUT2D eigenvalue weighted by Crippen LogP contribution is -2.58. The van der Waals surface area contributed by atoms with Gasteiger partial charge >= 0.3 is 0 Å². The minimum absolute atomic E-state index is 0.00860. The number of aromatic nitrogens is 3. The molecule has 0 bridgehead atoms. The molecular formula is C51H88N7O14+.